The van der Waals surface area contributed by atoms with Crippen LogP contribution >= 0.6 is 0 Å². The predicted molar refractivity (Wildman–Crippen MR) is 107 cm³/mol. The largest absolute Gasteiger partial charge is 0.342 e. The zero-order chi connectivity index (χ0) is 19.3. The summed E-state index contributed by atoms with van der Waals surface area (Å²) in [5, 5.41) is 4.44. The molecule has 6 heteroatoms. The molecule has 2 saturated heterocycles. The SMILES string of the molecule is O=C(c1ccn(-c2ccccc2)n1)N1CCC(C(=O)N2CCCCCC2)CC1. The van der Waals surface area contributed by atoms with Crippen LogP contribution in [0.4, 0.5) is 0 Å². The van der Waals surface area contributed by atoms with Gasteiger partial charge in [-0.2, -0.15) is 5.10 Å². The van der Waals surface area contributed by atoms with Gasteiger partial charge in [0.25, 0.3) is 5.91 Å². The molecule has 2 fully saturated rings. The van der Waals surface area contributed by atoms with Crippen molar-refractivity contribution in [2.75, 3.05) is 26.2 Å². The van der Waals surface area contributed by atoms with Crippen LogP contribution in [0.5, 0.6) is 0 Å². The fraction of sp³-hybridized carbons (Fsp3) is 0.500. The lowest BCUT2D eigenvalue weighted by molar-refractivity contribution is -0.136. The van der Waals surface area contributed by atoms with Gasteiger partial charge in [0.2, 0.25) is 5.91 Å². The third-order valence-corrected chi connectivity index (χ3v) is 5.88. The van der Waals surface area contributed by atoms with Crippen molar-refractivity contribution in [3.05, 3.63) is 48.3 Å². The van der Waals surface area contributed by atoms with Crippen LogP contribution in [0.25, 0.3) is 5.69 Å². The molecular weight excluding hydrogens is 352 g/mol. The molecule has 0 radical (unpaired) electrons. The lowest BCUT2D eigenvalue weighted by Crippen LogP contribution is -2.44. The maximum Gasteiger partial charge on any atom is 0.274 e. The topological polar surface area (TPSA) is 58.4 Å². The number of hydrogen-bond donors (Lipinski definition) is 0. The van der Waals surface area contributed by atoms with E-state index in [-0.39, 0.29) is 11.8 Å². The second kappa shape index (κ2) is 8.59. The number of benzene rings is 1. The first-order valence-electron chi connectivity index (χ1n) is 10.4. The molecule has 0 atom stereocenters. The van der Waals surface area contributed by atoms with E-state index in [9.17, 15) is 9.59 Å². The molecule has 6 nitrogen and oxygen atoms in total. The highest BCUT2D eigenvalue weighted by Crippen LogP contribution is 2.23. The lowest BCUT2D eigenvalue weighted by Gasteiger charge is -2.33. The Morgan fingerprint density at radius 2 is 1.50 bits per heavy atom. The van der Waals surface area contributed by atoms with Crippen molar-refractivity contribution in [2.24, 2.45) is 5.92 Å². The molecule has 2 amide bonds. The summed E-state index contributed by atoms with van der Waals surface area (Å²) in [7, 11) is 0. The number of carbonyl (C=O) groups is 2. The Morgan fingerprint density at radius 1 is 0.821 bits per heavy atom. The summed E-state index contributed by atoms with van der Waals surface area (Å²) >= 11 is 0. The van der Waals surface area contributed by atoms with E-state index in [1.807, 2.05) is 41.4 Å². The number of carbonyl (C=O) groups excluding carboxylic acids is 2. The van der Waals surface area contributed by atoms with Crippen LogP contribution in [0.1, 0.15) is 49.0 Å². The summed E-state index contributed by atoms with van der Waals surface area (Å²) in [6.07, 6.45) is 8.01. The maximum atomic E-state index is 12.8. The normalized spacial score (nSPS) is 18.7. The summed E-state index contributed by atoms with van der Waals surface area (Å²) in [5.74, 6) is 0.307. The summed E-state index contributed by atoms with van der Waals surface area (Å²) in [5.41, 5.74) is 1.39. The summed E-state index contributed by atoms with van der Waals surface area (Å²) < 4.78 is 1.73. The van der Waals surface area contributed by atoms with Gasteiger partial charge in [0.15, 0.2) is 5.69 Å². The van der Waals surface area contributed by atoms with Crippen LogP contribution in [-0.2, 0) is 4.79 Å². The highest BCUT2D eigenvalue weighted by Gasteiger charge is 2.31. The standard InChI is InChI=1S/C22H28N4O2/c27-21(24-13-6-1-2-7-14-24)18-10-15-25(16-11-18)22(28)20-12-17-26(23-20)19-8-4-3-5-9-19/h3-5,8-9,12,17-18H,1-2,6-7,10-11,13-16H2. The van der Waals surface area contributed by atoms with Gasteiger partial charge in [-0.05, 0) is 43.9 Å². The fourth-order valence-electron chi connectivity index (χ4n) is 4.20. The monoisotopic (exact) mass is 380 g/mol. The van der Waals surface area contributed by atoms with Crippen molar-refractivity contribution in [1.29, 1.82) is 0 Å². The third-order valence-electron chi connectivity index (χ3n) is 5.88. The minimum atomic E-state index is -0.0460. The second-order valence-corrected chi connectivity index (χ2v) is 7.79. The molecule has 0 bridgehead atoms. The van der Waals surface area contributed by atoms with E-state index in [0.717, 1.165) is 44.5 Å². The van der Waals surface area contributed by atoms with Crippen LogP contribution in [0.3, 0.4) is 0 Å². The molecule has 3 heterocycles. The van der Waals surface area contributed by atoms with Gasteiger partial charge in [0, 0.05) is 38.3 Å². The number of para-hydroxylation sites is 1. The highest BCUT2D eigenvalue weighted by molar-refractivity contribution is 5.92. The predicted octanol–water partition coefficient (Wildman–Crippen LogP) is 3.13. The van der Waals surface area contributed by atoms with E-state index >= 15 is 0 Å². The smallest absolute Gasteiger partial charge is 0.274 e. The van der Waals surface area contributed by atoms with Gasteiger partial charge in [-0.3, -0.25) is 9.59 Å². The number of rotatable bonds is 3. The number of hydrogen-bond acceptors (Lipinski definition) is 3. The molecule has 2 aliphatic rings. The molecule has 0 aliphatic carbocycles. The molecule has 4 rings (SSSR count). The van der Waals surface area contributed by atoms with E-state index < -0.39 is 0 Å². The Kier molecular flexibility index (Phi) is 5.74. The number of likely N-dealkylation sites (tertiary alicyclic amines) is 2. The quantitative estimate of drug-likeness (QED) is 0.822. The second-order valence-electron chi connectivity index (χ2n) is 7.79. The summed E-state index contributed by atoms with van der Waals surface area (Å²) in [4.78, 5) is 29.5. The van der Waals surface area contributed by atoms with Gasteiger partial charge in [-0.1, -0.05) is 31.0 Å². The Bertz CT molecular complexity index is 801. The molecule has 2 aliphatic heterocycles. The van der Waals surface area contributed by atoms with Crippen molar-refractivity contribution in [3.63, 3.8) is 0 Å². The minimum absolute atomic E-state index is 0.0460. The van der Waals surface area contributed by atoms with Crippen LogP contribution in [0.2, 0.25) is 0 Å². The number of piperidine rings is 1. The zero-order valence-electron chi connectivity index (χ0n) is 16.3. The first-order chi connectivity index (χ1) is 13.7. The molecule has 1 aromatic carbocycles. The molecule has 2 aromatic rings. The number of amides is 2. The van der Waals surface area contributed by atoms with E-state index in [0.29, 0.717) is 24.7 Å². The van der Waals surface area contributed by atoms with Crippen molar-refractivity contribution >= 4 is 11.8 Å². The van der Waals surface area contributed by atoms with Crippen LogP contribution < -0.4 is 0 Å². The van der Waals surface area contributed by atoms with Gasteiger partial charge in [-0.15, -0.1) is 0 Å². The van der Waals surface area contributed by atoms with Crippen molar-refractivity contribution in [2.45, 2.75) is 38.5 Å². The van der Waals surface area contributed by atoms with Crippen molar-refractivity contribution in [1.82, 2.24) is 19.6 Å². The van der Waals surface area contributed by atoms with Crippen molar-refractivity contribution < 1.29 is 9.59 Å². The molecular formula is C22H28N4O2. The van der Waals surface area contributed by atoms with Gasteiger partial charge in [0.1, 0.15) is 0 Å². The Labute approximate surface area is 166 Å². The Balaban J connectivity index is 1.34. The van der Waals surface area contributed by atoms with E-state index in [2.05, 4.69) is 10.00 Å². The molecule has 0 N–H and O–H groups in total. The Morgan fingerprint density at radius 3 is 2.18 bits per heavy atom. The number of aromatic nitrogens is 2. The first kappa shape index (κ1) is 18.7. The van der Waals surface area contributed by atoms with Gasteiger partial charge < -0.3 is 9.80 Å². The lowest BCUT2D eigenvalue weighted by atomic mass is 9.95. The summed E-state index contributed by atoms with van der Waals surface area (Å²) in [6, 6.07) is 11.5. The third kappa shape index (κ3) is 4.11. The summed E-state index contributed by atoms with van der Waals surface area (Å²) in [6.45, 7) is 3.05. The molecule has 148 valence electrons. The van der Waals surface area contributed by atoms with Gasteiger partial charge in [0.05, 0.1) is 5.69 Å². The highest BCUT2D eigenvalue weighted by atomic mass is 16.2. The van der Waals surface area contributed by atoms with Gasteiger partial charge in [-0.25, -0.2) is 4.68 Å². The molecule has 0 unspecified atom stereocenters. The molecule has 28 heavy (non-hydrogen) atoms. The van der Waals surface area contributed by atoms with E-state index in [1.165, 1.54) is 12.8 Å². The average Bonchev–Trinajstić information content (AvgIpc) is 3.09. The zero-order valence-corrected chi connectivity index (χ0v) is 16.3. The average molecular weight is 380 g/mol. The molecule has 0 spiro atoms. The molecule has 0 saturated carbocycles. The Hall–Kier alpha value is -2.63. The first-order valence-corrected chi connectivity index (χ1v) is 10.4. The van der Waals surface area contributed by atoms with E-state index in [4.69, 9.17) is 0 Å². The van der Waals surface area contributed by atoms with Crippen LogP contribution in [0.15, 0.2) is 42.6 Å². The van der Waals surface area contributed by atoms with Gasteiger partial charge >= 0.3 is 0 Å². The van der Waals surface area contributed by atoms with E-state index in [1.54, 1.807) is 10.7 Å². The van der Waals surface area contributed by atoms with Crippen LogP contribution in [0, 0.1) is 5.92 Å². The minimum Gasteiger partial charge on any atom is -0.342 e. The molecule has 1 aromatic heterocycles. The number of nitrogens with zero attached hydrogens (tertiary/aromatic N) is 4. The maximum absolute atomic E-state index is 12.8. The van der Waals surface area contributed by atoms with Crippen LogP contribution in [-0.4, -0.2) is 57.6 Å². The van der Waals surface area contributed by atoms with Crippen molar-refractivity contribution in [3.8, 4) is 5.69 Å². The fourth-order valence-corrected chi connectivity index (χ4v) is 4.20.